The minimum Gasteiger partial charge on any atom is -0.487 e. The highest BCUT2D eigenvalue weighted by Crippen LogP contribution is 2.51. The zero-order chi connectivity index (χ0) is 26.5. The van der Waals surface area contributed by atoms with Gasteiger partial charge in [-0.2, -0.15) is 0 Å². The molecule has 1 aromatic carbocycles. The van der Waals surface area contributed by atoms with Gasteiger partial charge in [0.25, 0.3) is 0 Å². The van der Waals surface area contributed by atoms with Crippen molar-refractivity contribution in [2.75, 3.05) is 6.61 Å². The second-order valence-corrected chi connectivity index (χ2v) is 13.1. The molecule has 0 saturated carbocycles. The minimum atomic E-state index is -3.74. The van der Waals surface area contributed by atoms with Crippen molar-refractivity contribution in [1.82, 2.24) is 9.97 Å². The number of amidine groups is 1. The molecule has 10 heteroatoms. The standard InChI is InChI=1S/C26H30N4O5S/c1-7-10-34-22-15-28-18(14-29-22)19(31)12-16-8-9-20-17(11-16)26(6)21(13-24(2,3)35-20)36(32,33)25(4,5)23(27)30-26/h1,8-9,11,14-15,21H,10,12-13H2,2-6H3,(H2,27,30)/t21-,26-/m1/s1. The Morgan fingerprint density at radius 1 is 1.22 bits per heavy atom. The third-order valence-corrected chi connectivity index (χ3v) is 9.92. The number of aliphatic imine (C=N–C) groups is 1. The molecule has 0 amide bonds. The summed E-state index contributed by atoms with van der Waals surface area (Å²) in [5, 5.41) is -0.865. The molecule has 1 aromatic heterocycles. The second-order valence-electron chi connectivity index (χ2n) is 10.4. The number of ether oxygens (including phenoxy) is 2. The molecule has 2 aromatic rings. The summed E-state index contributed by atoms with van der Waals surface area (Å²) in [5.74, 6) is 2.87. The van der Waals surface area contributed by atoms with E-state index in [1.807, 2.05) is 13.8 Å². The summed E-state index contributed by atoms with van der Waals surface area (Å²) in [7, 11) is -3.74. The van der Waals surface area contributed by atoms with E-state index in [-0.39, 0.29) is 42.6 Å². The Bertz CT molecular complexity index is 1390. The third kappa shape index (κ3) is 4.22. The molecule has 190 valence electrons. The van der Waals surface area contributed by atoms with E-state index in [9.17, 15) is 13.2 Å². The van der Waals surface area contributed by atoms with Gasteiger partial charge < -0.3 is 15.2 Å². The first-order valence-electron chi connectivity index (χ1n) is 11.5. The quantitative estimate of drug-likeness (QED) is 0.479. The fourth-order valence-corrected chi connectivity index (χ4v) is 7.14. The molecular formula is C26H30N4O5S. The lowest BCUT2D eigenvalue weighted by Gasteiger charge is -2.44. The lowest BCUT2D eigenvalue weighted by molar-refractivity contribution is 0.0984. The van der Waals surface area contributed by atoms with Crippen molar-refractivity contribution in [3.63, 3.8) is 0 Å². The molecular weight excluding hydrogens is 480 g/mol. The van der Waals surface area contributed by atoms with E-state index in [1.54, 1.807) is 39.0 Å². The van der Waals surface area contributed by atoms with Gasteiger partial charge in [0, 0.05) is 18.4 Å². The predicted molar refractivity (Wildman–Crippen MR) is 136 cm³/mol. The first-order valence-corrected chi connectivity index (χ1v) is 13.1. The van der Waals surface area contributed by atoms with Crippen molar-refractivity contribution in [3.05, 3.63) is 47.4 Å². The molecule has 0 bridgehead atoms. The maximum absolute atomic E-state index is 13.8. The molecule has 2 N–H and O–H groups in total. The SMILES string of the molecule is C#CCOc1cnc(C(=O)Cc2ccc3c(c2)[C@@]2(C)N=C(N)C(C)(C)S(=O)(=O)[C@@H]2CC(C)(C)O3)cn1. The van der Waals surface area contributed by atoms with Gasteiger partial charge in [0.15, 0.2) is 22.2 Å². The van der Waals surface area contributed by atoms with Crippen LogP contribution in [0.5, 0.6) is 11.6 Å². The van der Waals surface area contributed by atoms with Gasteiger partial charge in [0.05, 0.1) is 17.6 Å². The van der Waals surface area contributed by atoms with E-state index in [2.05, 4.69) is 15.9 Å². The maximum Gasteiger partial charge on any atom is 0.233 e. The van der Waals surface area contributed by atoms with Crippen LogP contribution in [-0.4, -0.2) is 52.2 Å². The number of aromatic nitrogens is 2. The highest BCUT2D eigenvalue weighted by Gasteiger charge is 2.59. The van der Waals surface area contributed by atoms with Crippen LogP contribution in [0.1, 0.15) is 62.7 Å². The fourth-order valence-electron chi connectivity index (χ4n) is 4.69. The molecule has 3 heterocycles. The van der Waals surface area contributed by atoms with E-state index in [0.717, 1.165) is 0 Å². The number of nitrogens with zero attached hydrogens (tertiary/aromatic N) is 3. The highest BCUT2D eigenvalue weighted by molar-refractivity contribution is 7.94. The summed E-state index contributed by atoms with van der Waals surface area (Å²) in [6, 6.07) is 5.32. The van der Waals surface area contributed by atoms with E-state index < -0.39 is 31.0 Å². The Labute approximate surface area is 211 Å². The number of hydrogen-bond acceptors (Lipinski definition) is 9. The van der Waals surface area contributed by atoms with Crippen LogP contribution in [0.25, 0.3) is 0 Å². The van der Waals surface area contributed by atoms with Crippen LogP contribution in [-0.2, 0) is 21.8 Å². The van der Waals surface area contributed by atoms with Gasteiger partial charge in [-0.3, -0.25) is 9.79 Å². The van der Waals surface area contributed by atoms with Gasteiger partial charge >= 0.3 is 0 Å². The Kier molecular flexibility index (Phi) is 6.12. The van der Waals surface area contributed by atoms with Gasteiger partial charge in [0.1, 0.15) is 33.2 Å². The summed E-state index contributed by atoms with van der Waals surface area (Å²) in [4.78, 5) is 25.9. The van der Waals surface area contributed by atoms with Crippen LogP contribution in [0.3, 0.4) is 0 Å². The molecule has 2 aliphatic heterocycles. The number of rotatable bonds is 5. The normalized spacial score (nSPS) is 25.1. The number of benzene rings is 1. The number of sulfone groups is 1. The van der Waals surface area contributed by atoms with Gasteiger partial charge in [-0.1, -0.05) is 12.0 Å². The zero-order valence-corrected chi connectivity index (χ0v) is 21.8. The number of carbonyl (C=O) groups is 1. The summed E-state index contributed by atoms with van der Waals surface area (Å²) < 4.78 is 37.7. The summed E-state index contributed by atoms with van der Waals surface area (Å²) >= 11 is 0. The number of nitrogens with two attached hydrogens (primary N) is 1. The zero-order valence-electron chi connectivity index (χ0n) is 21.0. The van der Waals surface area contributed by atoms with Crippen LogP contribution in [0.4, 0.5) is 0 Å². The fraction of sp³-hybridized carbons (Fsp3) is 0.462. The first kappa shape index (κ1) is 25.6. The molecule has 0 radical (unpaired) electrons. The van der Waals surface area contributed by atoms with Crippen molar-refractivity contribution in [2.45, 2.75) is 68.6 Å². The highest BCUT2D eigenvalue weighted by atomic mass is 32.2. The van der Waals surface area contributed by atoms with Gasteiger partial charge in [-0.15, -0.1) is 6.42 Å². The first-order chi connectivity index (χ1) is 16.7. The minimum absolute atomic E-state index is 0.0219. The van der Waals surface area contributed by atoms with E-state index in [0.29, 0.717) is 16.9 Å². The number of carbonyl (C=O) groups excluding carboxylic acids is 1. The predicted octanol–water partition coefficient (Wildman–Crippen LogP) is 2.62. The monoisotopic (exact) mass is 510 g/mol. The summed E-state index contributed by atoms with van der Waals surface area (Å²) in [6.07, 6.45) is 8.10. The molecule has 2 aliphatic rings. The van der Waals surface area contributed by atoms with Crippen LogP contribution < -0.4 is 15.2 Å². The smallest absolute Gasteiger partial charge is 0.233 e. The van der Waals surface area contributed by atoms with Gasteiger partial charge in [-0.05, 0) is 52.3 Å². The van der Waals surface area contributed by atoms with Crippen LogP contribution in [0, 0.1) is 12.3 Å². The molecule has 4 rings (SSSR count). The van der Waals surface area contributed by atoms with E-state index in [1.165, 1.54) is 12.4 Å². The number of Topliss-reactive ketones (excluding diaryl/α,β-unsaturated/α-hetero) is 1. The molecule has 0 aliphatic carbocycles. The lowest BCUT2D eigenvalue weighted by atomic mass is 9.83. The molecule has 0 saturated heterocycles. The number of fused-ring (bicyclic) bond motifs is 3. The average molecular weight is 511 g/mol. The summed E-state index contributed by atoms with van der Waals surface area (Å²) in [5.41, 5.74) is 5.69. The number of terminal acetylenes is 1. The molecule has 2 atom stereocenters. The van der Waals surface area contributed by atoms with Crippen molar-refractivity contribution >= 4 is 21.5 Å². The summed E-state index contributed by atoms with van der Waals surface area (Å²) in [6.45, 7) is 8.71. The van der Waals surface area contributed by atoms with Crippen LogP contribution >= 0.6 is 0 Å². The van der Waals surface area contributed by atoms with Crippen LogP contribution in [0.2, 0.25) is 0 Å². The van der Waals surface area contributed by atoms with Gasteiger partial charge in [-0.25, -0.2) is 18.4 Å². The Morgan fingerprint density at radius 2 is 1.94 bits per heavy atom. The topological polar surface area (TPSA) is 134 Å². The Morgan fingerprint density at radius 3 is 2.58 bits per heavy atom. The Hall–Kier alpha value is -3.45. The molecule has 9 nitrogen and oxygen atoms in total. The van der Waals surface area contributed by atoms with Gasteiger partial charge in [0.2, 0.25) is 5.88 Å². The molecule has 0 spiro atoms. The van der Waals surface area contributed by atoms with Crippen molar-refractivity contribution in [3.8, 4) is 24.0 Å². The largest absolute Gasteiger partial charge is 0.487 e. The molecule has 36 heavy (non-hydrogen) atoms. The average Bonchev–Trinajstić information content (AvgIpc) is 2.89. The van der Waals surface area contributed by atoms with Crippen molar-refractivity contribution in [2.24, 2.45) is 10.7 Å². The Balaban J connectivity index is 1.74. The molecule has 0 fully saturated rings. The van der Waals surface area contributed by atoms with Crippen molar-refractivity contribution < 1.29 is 22.7 Å². The maximum atomic E-state index is 13.8. The lowest BCUT2D eigenvalue weighted by Crippen LogP contribution is -2.60. The number of hydrogen-bond donors (Lipinski definition) is 1. The van der Waals surface area contributed by atoms with E-state index >= 15 is 0 Å². The number of ketones is 1. The van der Waals surface area contributed by atoms with Crippen LogP contribution in [0.15, 0.2) is 35.6 Å². The molecule has 0 unspecified atom stereocenters. The van der Waals surface area contributed by atoms with E-state index in [4.69, 9.17) is 26.6 Å². The third-order valence-electron chi connectivity index (χ3n) is 6.92. The van der Waals surface area contributed by atoms with Crippen molar-refractivity contribution in [1.29, 1.82) is 0 Å². The second kappa shape index (κ2) is 8.59.